The van der Waals surface area contributed by atoms with Crippen LogP contribution in [0.5, 0.6) is 0 Å². The Morgan fingerprint density at radius 1 is 1.53 bits per heavy atom. The Morgan fingerprint density at radius 3 is 3.18 bits per heavy atom. The molecule has 0 aliphatic carbocycles. The van der Waals surface area contributed by atoms with Gasteiger partial charge in [-0.25, -0.2) is 4.98 Å². The predicted molar refractivity (Wildman–Crippen MR) is 71.4 cm³/mol. The van der Waals surface area contributed by atoms with Crippen LogP contribution in [0.4, 0.5) is 0 Å². The summed E-state index contributed by atoms with van der Waals surface area (Å²) in [5.74, 6) is 0. The average molecular weight is 254 g/mol. The zero-order valence-electron chi connectivity index (χ0n) is 10.6. The van der Waals surface area contributed by atoms with E-state index in [9.17, 15) is 0 Å². The first-order valence-electron chi connectivity index (χ1n) is 6.64. The van der Waals surface area contributed by atoms with Crippen molar-refractivity contribution in [1.82, 2.24) is 10.3 Å². The van der Waals surface area contributed by atoms with Crippen molar-refractivity contribution in [3.05, 3.63) is 16.1 Å². The number of hydrogen-bond acceptors (Lipinski definition) is 4. The molecule has 1 aromatic heterocycles. The van der Waals surface area contributed by atoms with Crippen LogP contribution < -0.4 is 5.32 Å². The fraction of sp³-hybridized carbons (Fsp3) is 0.769. The molecule has 1 aliphatic rings. The molecule has 0 amide bonds. The molecule has 3 nitrogen and oxygen atoms in total. The molecule has 1 N–H and O–H groups in total. The van der Waals surface area contributed by atoms with Crippen LogP contribution in [0, 0.1) is 0 Å². The number of nitrogens with zero attached hydrogens (tertiary/aromatic N) is 1. The van der Waals surface area contributed by atoms with Crippen molar-refractivity contribution in [1.29, 1.82) is 0 Å². The van der Waals surface area contributed by atoms with Crippen molar-refractivity contribution < 1.29 is 4.74 Å². The van der Waals surface area contributed by atoms with Gasteiger partial charge in [0.1, 0.15) is 0 Å². The summed E-state index contributed by atoms with van der Waals surface area (Å²) in [6.07, 6.45) is 6.46. The second-order valence-corrected chi connectivity index (χ2v) is 5.48. The molecule has 1 saturated heterocycles. The molecule has 0 aromatic carbocycles. The molecule has 1 unspecified atom stereocenters. The van der Waals surface area contributed by atoms with E-state index >= 15 is 0 Å². The molecule has 1 atom stereocenters. The molecule has 17 heavy (non-hydrogen) atoms. The molecule has 2 rings (SSSR count). The second-order valence-electron chi connectivity index (χ2n) is 4.54. The topological polar surface area (TPSA) is 34.2 Å². The quantitative estimate of drug-likeness (QED) is 0.793. The predicted octanol–water partition coefficient (Wildman–Crippen LogP) is 2.75. The van der Waals surface area contributed by atoms with Crippen LogP contribution in [0.15, 0.2) is 5.38 Å². The van der Waals surface area contributed by atoms with Crippen molar-refractivity contribution in [2.24, 2.45) is 0 Å². The van der Waals surface area contributed by atoms with E-state index in [4.69, 9.17) is 4.74 Å². The Hall–Kier alpha value is -0.450. The van der Waals surface area contributed by atoms with Gasteiger partial charge in [-0.3, -0.25) is 0 Å². The number of rotatable bonds is 6. The Balaban J connectivity index is 1.59. The van der Waals surface area contributed by atoms with Crippen LogP contribution in [-0.4, -0.2) is 24.2 Å². The molecule has 96 valence electrons. The van der Waals surface area contributed by atoms with E-state index in [2.05, 4.69) is 22.6 Å². The van der Waals surface area contributed by atoms with E-state index in [1.54, 1.807) is 11.3 Å². The number of aryl methyl sites for hydroxylation is 1. The van der Waals surface area contributed by atoms with E-state index in [0.29, 0.717) is 6.10 Å². The number of thiazole rings is 1. The summed E-state index contributed by atoms with van der Waals surface area (Å²) in [6, 6.07) is 0. The van der Waals surface area contributed by atoms with Gasteiger partial charge in [-0.05, 0) is 38.6 Å². The zero-order valence-corrected chi connectivity index (χ0v) is 11.4. The van der Waals surface area contributed by atoms with Gasteiger partial charge in [0.2, 0.25) is 0 Å². The minimum atomic E-state index is 0.484. The van der Waals surface area contributed by atoms with Crippen LogP contribution in [0.25, 0.3) is 0 Å². The van der Waals surface area contributed by atoms with Gasteiger partial charge >= 0.3 is 0 Å². The largest absolute Gasteiger partial charge is 0.378 e. The van der Waals surface area contributed by atoms with E-state index < -0.39 is 0 Å². The van der Waals surface area contributed by atoms with Crippen molar-refractivity contribution in [3.63, 3.8) is 0 Å². The number of ether oxygens (including phenoxy) is 1. The third-order valence-electron chi connectivity index (χ3n) is 3.12. The van der Waals surface area contributed by atoms with Crippen LogP contribution in [-0.2, 0) is 17.7 Å². The maximum Gasteiger partial charge on any atom is 0.0926 e. The Labute approximate surface area is 108 Å². The molecule has 0 bridgehead atoms. The zero-order chi connectivity index (χ0) is 11.9. The molecule has 1 aliphatic heterocycles. The number of aromatic nitrogens is 1. The Morgan fingerprint density at radius 2 is 2.47 bits per heavy atom. The van der Waals surface area contributed by atoms with Crippen molar-refractivity contribution in [3.8, 4) is 0 Å². The molecule has 2 heterocycles. The fourth-order valence-corrected chi connectivity index (χ4v) is 2.85. The first-order chi connectivity index (χ1) is 8.38. The van der Waals surface area contributed by atoms with Gasteiger partial charge in [-0.15, -0.1) is 11.3 Å². The summed E-state index contributed by atoms with van der Waals surface area (Å²) in [6.45, 7) is 5.03. The van der Waals surface area contributed by atoms with Crippen LogP contribution in [0.3, 0.4) is 0 Å². The molecule has 4 heteroatoms. The maximum absolute atomic E-state index is 5.70. The van der Waals surface area contributed by atoms with Gasteiger partial charge in [0, 0.05) is 18.5 Å². The first kappa shape index (κ1) is 13.0. The maximum atomic E-state index is 5.70. The smallest absolute Gasteiger partial charge is 0.0926 e. The van der Waals surface area contributed by atoms with Crippen LogP contribution >= 0.6 is 11.3 Å². The van der Waals surface area contributed by atoms with E-state index in [1.165, 1.54) is 30.0 Å². The highest BCUT2D eigenvalue weighted by molar-refractivity contribution is 7.09. The lowest BCUT2D eigenvalue weighted by Gasteiger charge is -2.22. The minimum absolute atomic E-state index is 0.484. The van der Waals surface area contributed by atoms with Crippen molar-refractivity contribution in [2.45, 2.75) is 51.7 Å². The third-order valence-corrected chi connectivity index (χ3v) is 4.17. The van der Waals surface area contributed by atoms with Gasteiger partial charge in [0.25, 0.3) is 0 Å². The average Bonchev–Trinajstić information content (AvgIpc) is 2.84. The van der Waals surface area contributed by atoms with Gasteiger partial charge < -0.3 is 10.1 Å². The van der Waals surface area contributed by atoms with E-state index in [0.717, 1.165) is 32.5 Å². The molecule has 0 saturated carbocycles. The highest BCUT2D eigenvalue weighted by atomic mass is 32.1. The van der Waals surface area contributed by atoms with Crippen molar-refractivity contribution in [2.75, 3.05) is 13.2 Å². The standard InChI is InChI=1S/C13H22N2OS/c1-2-13-15-11(10-17-13)9-14-7-6-12-5-3-4-8-16-12/h10,12,14H,2-9H2,1H3. The summed E-state index contributed by atoms with van der Waals surface area (Å²) in [5, 5.41) is 6.84. The van der Waals surface area contributed by atoms with Gasteiger partial charge in [0.05, 0.1) is 16.8 Å². The summed E-state index contributed by atoms with van der Waals surface area (Å²) in [7, 11) is 0. The SMILES string of the molecule is CCc1nc(CNCCC2CCCCO2)cs1. The second kappa shape index (κ2) is 7.09. The molecule has 1 fully saturated rings. The Bertz CT molecular complexity index is 321. The lowest BCUT2D eigenvalue weighted by atomic mass is 10.1. The molecule has 0 spiro atoms. The summed E-state index contributed by atoms with van der Waals surface area (Å²) in [4.78, 5) is 4.54. The summed E-state index contributed by atoms with van der Waals surface area (Å²) >= 11 is 1.76. The third kappa shape index (κ3) is 4.37. The summed E-state index contributed by atoms with van der Waals surface area (Å²) < 4.78 is 5.70. The molecule has 0 radical (unpaired) electrons. The molecular formula is C13H22N2OS. The lowest BCUT2D eigenvalue weighted by Crippen LogP contribution is -2.25. The van der Waals surface area contributed by atoms with Crippen LogP contribution in [0.2, 0.25) is 0 Å². The fourth-order valence-electron chi connectivity index (χ4n) is 2.11. The van der Waals surface area contributed by atoms with Gasteiger partial charge in [-0.1, -0.05) is 6.92 Å². The molecule has 1 aromatic rings. The lowest BCUT2D eigenvalue weighted by molar-refractivity contribution is 0.0115. The highest BCUT2D eigenvalue weighted by Crippen LogP contribution is 2.15. The number of nitrogens with one attached hydrogen (secondary N) is 1. The minimum Gasteiger partial charge on any atom is -0.378 e. The highest BCUT2D eigenvalue weighted by Gasteiger charge is 2.12. The van der Waals surface area contributed by atoms with Crippen LogP contribution in [0.1, 0.15) is 43.3 Å². The van der Waals surface area contributed by atoms with E-state index in [-0.39, 0.29) is 0 Å². The first-order valence-corrected chi connectivity index (χ1v) is 7.52. The van der Waals surface area contributed by atoms with Gasteiger partial charge in [-0.2, -0.15) is 0 Å². The summed E-state index contributed by atoms with van der Waals surface area (Å²) in [5.41, 5.74) is 1.18. The monoisotopic (exact) mass is 254 g/mol. The van der Waals surface area contributed by atoms with Gasteiger partial charge in [0.15, 0.2) is 0 Å². The van der Waals surface area contributed by atoms with Crippen molar-refractivity contribution >= 4 is 11.3 Å². The molecular weight excluding hydrogens is 232 g/mol. The Kier molecular flexibility index (Phi) is 5.42. The van der Waals surface area contributed by atoms with E-state index in [1.807, 2.05) is 0 Å². The number of hydrogen-bond donors (Lipinski definition) is 1. The normalized spacial score (nSPS) is 20.6.